The van der Waals surface area contributed by atoms with Gasteiger partial charge in [0.1, 0.15) is 0 Å². The van der Waals surface area contributed by atoms with Gasteiger partial charge in [-0.25, -0.2) is 0 Å². The van der Waals surface area contributed by atoms with Gasteiger partial charge in [0.25, 0.3) is 0 Å². The van der Waals surface area contributed by atoms with Crippen molar-refractivity contribution in [3.63, 3.8) is 0 Å². The molecule has 0 amide bonds. The van der Waals surface area contributed by atoms with Gasteiger partial charge in [0.15, 0.2) is 0 Å². The molecule has 0 saturated heterocycles. The normalized spacial score (nSPS) is 9.67. The Bertz CT molecular complexity index is 90.7. The first-order valence-electron chi connectivity index (χ1n) is 0.698. The van der Waals surface area contributed by atoms with Crippen molar-refractivity contribution in [2.24, 2.45) is 0 Å². The molecule has 0 saturated carbocycles. The van der Waals surface area contributed by atoms with Crippen molar-refractivity contribution in [3.8, 4) is 0 Å². The van der Waals surface area contributed by atoms with Crippen LogP contribution in [0.3, 0.4) is 0 Å². The standard InChI is InChI=1S/H2O4Se.Sr.2H/c1-5(2,3)4;;;/h(H2,1,2,3,4);;;. The molecule has 0 fully saturated rings. The van der Waals surface area contributed by atoms with Gasteiger partial charge in [0, 0.05) is 0 Å². The van der Waals surface area contributed by atoms with Crippen molar-refractivity contribution in [2.75, 3.05) is 0 Å². The van der Waals surface area contributed by atoms with Crippen LogP contribution in [0.4, 0.5) is 0 Å². The molecule has 6 heavy (non-hydrogen) atoms. The quantitative estimate of drug-likeness (QED) is 0.449. The summed E-state index contributed by atoms with van der Waals surface area (Å²) < 4.78 is 31.9. The maximum atomic E-state index is 8.82. The summed E-state index contributed by atoms with van der Waals surface area (Å²) in [6, 6.07) is 0. The first-order chi connectivity index (χ1) is 2.00. The fraction of sp³-hybridized carbons (Fsp3) is 0. The molecule has 0 rings (SSSR count). The molecule has 0 bridgehead atoms. The molecule has 36 valence electrons. The summed E-state index contributed by atoms with van der Waals surface area (Å²) in [6.07, 6.45) is 0. The average Bonchev–Trinajstić information content (AvgIpc) is 0.722. The zero-order chi connectivity index (χ0) is 4.50. The zero-order valence-corrected chi connectivity index (χ0v) is 3.83. The predicted molar refractivity (Wildman–Crippen MR) is 20.1 cm³/mol. The van der Waals surface area contributed by atoms with E-state index in [1.165, 1.54) is 0 Å². The molecule has 0 aliphatic carbocycles. The van der Waals surface area contributed by atoms with Crippen molar-refractivity contribution in [2.45, 2.75) is 0 Å². The Morgan fingerprint density at radius 1 is 1.17 bits per heavy atom. The third-order valence-corrected chi connectivity index (χ3v) is 0. The third-order valence-electron chi connectivity index (χ3n) is 0. The van der Waals surface area contributed by atoms with Gasteiger partial charge < -0.3 is 0 Å². The molecule has 0 radical (unpaired) electrons. The van der Waals surface area contributed by atoms with Gasteiger partial charge in [-0.1, -0.05) is 0 Å². The topological polar surface area (TPSA) is 74.6 Å². The summed E-state index contributed by atoms with van der Waals surface area (Å²) in [7, 11) is 0. The van der Waals surface area contributed by atoms with Crippen molar-refractivity contribution >= 4 is 58.9 Å². The SMILES string of the molecule is O=[Se](=O)(O)O.[SrH2]. The molecule has 6 heteroatoms. The van der Waals surface area contributed by atoms with E-state index in [0.29, 0.717) is 0 Å². The molecule has 0 heterocycles. The van der Waals surface area contributed by atoms with E-state index in [9.17, 15) is 0 Å². The van der Waals surface area contributed by atoms with Crippen LogP contribution in [0.25, 0.3) is 0 Å². The van der Waals surface area contributed by atoms with Gasteiger partial charge >= 0.3 is 74.9 Å². The van der Waals surface area contributed by atoms with Gasteiger partial charge in [0.2, 0.25) is 0 Å². The molecule has 0 spiro atoms. The molecular weight excluding hydrogens is 231 g/mol. The van der Waals surface area contributed by atoms with Gasteiger partial charge in [-0.3, -0.25) is 0 Å². The zero-order valence-electron chi connectivity index (χ0n) is 2.12. The Labute approximate surface area is 73.7 Å². The second-order valence-corrected chi connectivity index (χ2v) is 2.33. The first-order valence-corrected chi connectivity index (χ1v) is 3.63. The minimum absolute atomic E-state index is 0. The Morgan fingerprint density at radius 2 is 1.17 bits per heavy atom. The fourth-order valence-corrected chi connectivity index (χ4v) is 0. The molecule has 0 aromatic heterocycles. The molecule has 0 unspecified atom stereocenters. The van der Waals surface area contributed by atoms with Crippen LogP contribution in [0.5, 0.6) is 0 Å². The van der Waals surface area contributed by atoms with Gasteiger partial charge in [-0.15, -0.1) is 0 Å². The van der Waals surface area contributed by atoms with Crippen molar-refractivity contribution in [1.29, 1.82) is 0 Å². The Balaban J connectivity index is 0. The Hall–Kier alpha value is 1.52. The second kappa shape index (κ2) is 3.51. The first kappa shape index (κ1) is 10.5. The van der Waals surface area contributed by atoms with Gasteiger partial charge in [-0.2, -0.15) is 0 Å². The maximum absolute atomic E-state index is 8.82. The molecule has 0 aromatic carbocycles. The van der Waals surface area contributed by atoms with Crippen molar-refractivity contribution in [1.82, 2.24) is 0 Å². The van der Waals surface area contributed by atoms with E-state index in [1.54, 1.807) is 0 Å². The monoisotopic (exact) mass is 236 g/mol. The number of rotatable bonds is 0. The summed E-state index contributed by atoms with van der Waals surface area (Å²) in [6.45, 7) is 0. The summed E-state index contributed by atoms with van der Waals surface area (Å²) >= 11 is -5.25. The van der Waals surface area contributed by atoms with Crippen LogP contribution in [0.15, 0.2) is 0 Å². The molecular formula is H4O4SeSr. The average molecular weight is 235 g/mol. The van der Waals surface area contributed by atoms with E-state index in [1.807, 2.05) is 0 Å². The van der Waals surface area contributed by atoms with E-state index in [4.69, 9.17) is 16.0 Å². The van der Waals surface area contributed by atoms with Gasteiger partial charge in [0.05, 0.1) is 0 Å². The minimum atomic E-state index is -5.25. The van der Waals surface area contributed by atoms with E-state index in [0.717, 1.165) is 0 Å². The van der Waals surface area contributed by atoms with Gasteiger partial charge in [-0.05, 0) is 0 Å². The van der Waals surface area contributed by atoms with E-state index in [-0.39, 0.29) is 45.5 Å². The number of hydrogen-bond donors (Lipinski definition) is 2. The van der Waals surface area contributed by atoms with Crippen molar-refractivity contribution in [3.05, 3.63) is 0 Å². The van der Waals surface area contributed by atoms with Crippen LogP contribution in [0.1, 0.15) is 0 Å². The van der Waals surface area contributed by atoms with Crippen LogP contribution in [-0.2, 0) is 7.67 Å². The van der Waals surface area contributed by atoms with E-state index in [2.05, 4.69) is 0 Å². The Kier molecular flexibility index (Phi) is 6.14. The fourth-order valence-electron chi connectivity index (χ4n) is 0. The third kappa shape index (κ3) is 48.8. The molecule has 0 aromatic rings. The van der Waals surface area contributed by atoms with Crippen molar-refractivity contribution < 1.29 is 16.0 Å². The molecule has 4 nitrogen and oxygen atoms in total. The van der Waals surface area contributed by atoms with Crippen LogP contribution in [0.2, 0.25) is 0 Å². The van der Waals surface area contributed by atoms with Crippen LogP contribution in [0, 0.1) is 0 Å². The molecule has 0 atom stereocenters. The molecule has 2 N–H and O–H groups in total. The molecule has 0 aliphatic rings. The number of hydrogen-bond acceptors (Lipinski definition) is 2. The summed E-state index contributed by atoms with van der Waals surface area (Å²) in [5.74, 6) is 0. The second-order valence-electron chi connectivity index (χ2n) is 0.448. The van der Waals surface area contributed by atoms with Crippen LogP contribution >= 0.6 is 0 Å². The summed E-state index contributed by atoms with van der Waals surface area (Å²) in [5.41, 5.74) is 0. The summed E-state index contributed by atoms with van der Waals surface area (Å²) in [5, 5.41) is 0. The van der Waals surface area contributed by atoms with Crippen LogP contribution < -0.4 is 0 Å². The predicted octanol–water partition coefficient (Wildman–Crippen LogP) is -2.65. The van der Waals surface area contributed by atoms with E-state index < -0.39 is 13.4 Å². The van der Waals surface area contributed by atoms with E-state index >= 15 is 0 Å². The summed E-state index contributed by atoms with van der Waals surface area (Å²) in [4.78, 5) is 0. The van der Waals surface area contributed by atoms with Crippen LogP contribution in [-0.4, -0.2) is 67.2 Å². The molecule has 0 aliphatic heterocycles. The Morgan fingerprint density at radius 3 is 1.17 bits per heavy atom.